The molecule has 6 atom stereocenters. The lowest BCUT2D eigenvalue weighted by atomic mass is 10.1. The molecule has 11 heteroatoms. The van der Waals surface area contributed by atoms with Gasteiger partial charge in [0.05, 0.1) is 24.0 Å². The normalized spacial score (nSPS) is 26.0. The lowest BCUT2D eigenvalue weighted by Crippen LogP contribution is -2.52. The second-order valence-electron chi connectivity index (χ2n) is 7.94. The fraction of sp³-hybridized carbons (Fsp3) is 0.778. The first-order valence-corrected chi connectivity index (χ1v) is 9.81. The van der Waals surface area contributed by atoms with Gasteiger partial charge in [0.15, 0.2) is 0 Å². The van der Waals surface area contributed by atoms with Gasteiger partial charge >= 0.3 is 0 Å². The van der Waals surface area contributed by atoms with Crippen LogP contribution in [-0.4, -0.2) is 94.1 Å². The van der Waals surface area contributed by atoms with E-state index in [-0.39, 0.29) is 30.8 Å². The largest absolute Gasteiger partial charge is 0.391 e. The number of nitrogens with two attached hydrogens (primary N) is 2. The average Bonchev–Trinajstić information content (AvgIpc) is 3.33. The molecular weight excluding hydrogens is 382 g/mol. The summed E-state index contributed by atoms with van der Waals surface area (Å²) in [6, 6.07) is -2.20. The van der Waals surface area contributed by atoms with E-state index in [9.17, 15) is 29.4 Å². The summed E-state index contributed by atoms with van der Waals surface area (Å²) in [6.45, 7) is 4.02. The average molecular weight is 413 g/mol. The van der Waals surface area contributed by atoms with Crippen LogP contribution < -0.4 is 16.8 Å². The molecule has 0 aliphatic carbocycles. The number of rotatable bonds is 7. The monoisotopic (exact) mass is 413 g/mol. The van der Waals surface area contributed by atoms with Crippen molar-refractivity contribution >= 4 is 23.6 Å². The van der Waals surface area contributed by atoms with Gasteiger partial charge in [-0.3, -0.25) is 19.2 Å². The van der Waals surface area contributed by atoms with Gasteiger partial charge < -0.3 is 36.8 Å². The number of aliphatic hydroxyl groups excluding tert-OH is 2. The third kappa shape index (κ3) is 5.43. The van der Waals surface area contributed by atoms with E-state index in [4.69, 9.17) is 11.5 Å². The number of carbonyl (C=O) groups excluding carboxylic acids is 4. The van der Waals surface area contributed by atoms with Gasteiger partial charge in [-0.2, -0.15) is 0 Å². The van der Waals surface area contributed by atoms with Crippen LogP contribution in [0.1, 0.15) is 26.7 Å². The fourth-order valence-electron chi connectivity index (χ4n) is 3.71. The van der Waals surface area contributed by atoms with Crippen LogP contribution in [0.25, 0.3) is 0 Å². The van der Waals surface area contributed by atoms with E-state index >= 15 is 0 Å². The molecule has 2 aliphatic heterocycles. The molecule has 11 nitrogen and oxygen atoms in total. The minimum atomic E-state index is -1.18. The minimum absolute atomic E-state index is 0.136. The van der Waals surface area contributed by atoms with Crippen LogP contribution in [0.2, 0.25) is 0 Å². The molecule has 2 heterocycles. The molecule has 2 fully saturated rings. The van der Waals surface area contributed by atoms with Crippen LogP contribution in [0.15, 0.2) is 0 Å². The third-order valence-electron chi connectivity index (χ3n) is 5.61. The molecular formula is C18H31N5O6. The Morgan fingerprint density at radius 1 is 0.966 bits per heavy atom. The first-order valence-electron chi connectivity index (χ1n) is 9.81. The molecule has 164 valence electrons. The highest BCUT2D eigenvalue weighted by atomic mass is 16.3. The summed E-state index contributed by atoms with van der Waals surface area (Å²) in [5.41, 5.74) is 10.9. The molecule has 0 aromatic rings. The summed E-state index contributed by atoms with van der Waals surface area (Å²) in [7, 11) is 0. The highest BCUT2D eigenvalue weighted by Crippen LogP contribution is 2.24. The lowest BCUT2D eigenvalue weighted by molar-refractivity contribution is -0.136. The molecule has 29 heavy (non-hydrogen) atoms. The van der Waals surface area contributed by atoms with Gasteiger partial charge in [-0.1, -0.05) is 0 Å². The quantitative estimate of drug-likeness (QED) is 0.290. The van der Waals surface area contributed by atoms with Crippen molar-refractivity contribution in [2.24, 2.45) is 23.3 Å². The SMILES string of the molecule is CC(O)[C@H](N)C(=O)N1CC[C@H](C(=O)N2CC[C@H](C(=O)N[C@H](C(N)=O)[C@@H](C)O)C2)C1. The van der Waals surface area contributed by atoms with Crippen molar-refractivity contribution in [3.8, 4) is 0 Å². The predicted molar refractivity (Wildman–Crippen MR) is 102 cm³/mol. The zero-order valence-corrected chi connectivity index (χ0v) is 16.8. The van der Waals surface area contributed by atoms with Crippen molar-refractivity contribution in [3.63, 3.8) is 0 Å². The fourth-order valence-corrected chi connectivity index (χ4v) is 3.71. The maximum atomic E-state index is 12.8. The van der Waals surface area contributed by atoms with E-state index in [0.29, 0.717) is 25.9 Å². The summed E-state index contributed by atoms with van der Waals surface area (Å²) in [5, 5.41) is 21.5. The zero-order chi connectivity index (χ0) is 21.9. The van der Waals surface area contributed by atoms with Gasteiger partial charge in [0, 0.05) is 26.2 Å². The Balaban J connectivity index is 1.88. The molecule has 7 N–H and O–H groups in total. The van der Waals surface area contributed by atoms with E-state index in [1.807, 2.05) is 0 Å². The second kappa shape index (κ2) is 9.51. The smallest absolute Gasteiger partial charge is 0.242 e. The number of nitrogens with one attached hydrogen (secondary N) is 1. The summed E-state index contributed by atoms with van der Waals surface area (Å²) < 4.78 is 0. The Labute approximate surface area is 169 Å². The number of likely N-dealkylation sites (tertiary alicyclic amines) is 2. The van der Waals surface area contributed by atoms with Crippen LogP contribution in [-0.2, 0) is 19.2 Å². The highest BCUT2D eigenvalue weighted by Gasteiger charge is 2.39. The Bertz CT molecular complexity index is 655. The standard InChI is InChI=1S/C18H31N5O6/c1-9(24)13(19)18(29)23-6-4-12(8-23)17(28)22-5-3-11(7-22)16(27)21-14(10(2)25)15(20)26/h9-14,24-25H,3-8,19H2,1-2H3,(H2,20,26)(H,21,27)/t9?,10-,11+,12+,13+,14+/m1/s1. The van der Waals surface area contributed by atoms with Crippen molar-refractivity contribution in [1.82, 2.24) is 15.1 Å². The van der Waals surface area contributed by atoms with Gasteiger partial charge in [0.25, 0.3) is 0 Å². The number of primary amides is 1. The topological polar surface area (TPSA) is 179 Å². The minimum Gasteiger partial charge on any atom is -0.391 e. The summed E-state index contributed by atoms with van der Waals surface area (Å²) in [4.78, 5) is 51.8. The first-order chi connectivity index (χ1) is 13.5. The molecule has 0 aromatic heterocycles. The zero-order valence-electron chi connectivity index (χ0n) is 16.8. The van der Waals surface area contributed by atoms with Crippen LogP contribution in [0, 0.1) is 11.8 Å². The number of nitrogens with zero attached hydrogens (tertiary/aromatic N) is 2. The van der Waals surface area contributed by atoms with Gasteiger partial charge in [0.2, 0.25) is 23.6 Å². The third-order valence-corrected chi connectivity index (χ3v) is 5.61. The molecule has 1 unspecified atom stereocenters. The van der Waals surface area contributed by atoms with Crippen LogP contribution in [0.4, 0.5) is 0 Å². The van der Waals surface area contributed by atoms with E-state index in [0.717, 1.165) is 0 Å². The summed E-state index contributed by atoms with van der Waals surface area (Å²) in [5.74, 6) is -2.66. The maximum absolute atomic E-state index is 12.8. The molecule has 0 radical (unpaired) electrons. The number of carbonyl (C=O) groups is 4. The van der Waals surface area contributed by atoms with Crippen molar-refractivity contribution in [2.75, 3.05) is 26.2 Å². The number of hydrogen-bond donors (Lipinski definition) is 5. The molecule has 2 rings (SSSR count). The first kappa shape index (κ1) is 23.0. The molecule has 2 aliphatic rings. The Morgan fingerprint density at radius 2 is 1.52 bits per heavy atom. The van der Waals surface area contributed by atoms with Crippen molar-refractivity contribution in [3.05, 3.63) is 0 Å². The second-order valence-corrected chi connectivity index (χ2v) is 7.94. The molecule has 0 bridgehead atoms. The predicted octanol–water partition coefficient (Wildman–Crippen LogP) is -3.26. The van der Waals surface area contributed by atoms with Crippen LogP contribution in [0.3, 0.4) is 0 Å². The summed E-state index contributed by atoms with van der Waals surface area (Å²) >= 11 is 0. The van der Waals surface area contributed by atoms with Gasteiger partial charge in [-0.15, -0.1) is 0 Å². The van der Waals surface area contributed by atoms with E-state index < -0.39 is 42.0 Å². The van der Waals surface area contributed by atoms with Crippen LogP contribution in [0.5, 0.6) is 0 Å². The number of aliphatic hydroxyl groups is 2. The molecule has 0 aromatic carbocycles. The Kier molecular flexibility index (Phi) is 7.55. The van der Waals surface area contributed by atoms with Crippen molar-refractivity contribution in [1.29, 1.82) is 0 Å². The van der Waals surface area contributed by atoms with Gasteiger partial charge in [-0.25, -0.2) is 0 Å². The van der Waals surface area contributed by atoms with Crippen LogP contribution >= 0.6 is 0 Å². The Hall–Kier alpha value is -2.24. The number of hydrogen-bond acceptors (Lipinski definition) is 7. The molecule has 4 amide bonds. The highest BCUT2D eigenvalue weighted by molar-refractivity contribution is 5.89. The molecule has 0 saturated carbocycles. The van der Waals surface area contributed by atoms with Crippen molar-refractivity contribution < 1.29 is 29.4 Å². The Morgan fingerprint density at radius 3 is 2.07 bits per heavy atom. The van der Waals surface area contributed by atoms with E-state index in [1.54, 1.807) is 4.90 Å². The number of amides is 4. The van der Waals surface area contributed by atoms with Gasteiger partial charge in [-0.05, 0) is 26.7 Å². The molecule has 0 spiro atoms. The maximum Gasteiger partial charge on any atom is 0.242 e. The lowest BCUT2D eigenvalue weighted by Gasteiger charge is -2.24. The van der Waals surface area contributed by atoms with E-state index in [1.165, 1.54) is 18.7 Å². The van der Waals surface area contributed by atoms with E-state index in [2.05, 4.69) is 5.32 Å². The van der Waals surface area contributed by atoms with Crippen molar-refractivity contribution in [2.45, 2.75) is 51.0 Å². The van der Waals surface area contributed by atoms with Gasteiger partial charge in [0.1, 0.15) is 12.1 Å². The summed E-state index contributed by atoms with van der Waals surface area (Å²) in [6.07, 6.45) is -1.16. The molecule has 2 saturated heterocycles.